The summed E-state index contributed by atoms with van der Waals surface area (Å²) in [6, 6.07) is 1.92. The smallest absolute Gasteiger partial charge is 0.230 e. The summed E-state index contributed by atoms with van der Waals surface area (Å²) in [6.45, 7) is 0.417. The molecule has 0 aliphatic carbocycles. The van der Waals surface area contributed by atoms with Gasteiger partial charge in [-0.3, -0.25) is 4.79 Å². The third-order valence-corrected chi connectivity index (χ3v) is 3.19. The molecule has 1 rings (SSSR count). The normalized spacial score (nSPS) is 9.38. The van der Waals surface area contributed by atoms with Gasteiger partial charge in [-0.2, -0.15) is 11.8 Å². The third-order valence-electron chi connectivity index (χ3n) is 1.70. The maximum absolute atomic E-state index is 11.2. The van der Waals surface area contributed by atoms with E-state index in [0.29, 0.717) is 12.3 Å². The van der Waals surface area contributed by atoms with E-state index in [1.54, 1.807) is 11.3 Å². The van der Waals surface area contributed by atoms with E-state index in [-0.39, 0.29) is 12.5 Å². The molecule has 0 saturated carbocycles. The lowest BCUT2D eigenvalue weighted by molar-refractivity contribution is -0.118. The zero-order valence-electron chi connectivity index (χ0n) is 8.95. The number of hydrogen-bond acceptors (Lipinski definition) is 4. The topological polar surface area (TPSA) is 49.3 Å². The Hall–Kier alpha value is -0.960. The zero-order valence-corrected chi connectivity index (χ0v) is 10.6. The van der Waals surface area contributed by atoms with Gasteiger partial charge in [0.15, 0.2) is 0 Å². The fourth-order valence-electron chi connectivity index (χ4n) is 1.05. The number of thiophene rings is 1. The van der Waals surface area contributed by atoms with Crippen LogP contribution < -0.4 is 5.32 Å². The van der Waals surface area contributed by atoms with Gasteiger partial charge in [-0.25, -0.2) is 0 Å². The van der Waals surface area contributed by atoms with E-state index in [9.17, 15) is 4.79 Å². The van der Waals surface area contributed by atoms with Gasteiger partial charge in [-0.1, -0.05) is 11.8 Å². The van der Waals surface area contributed by atoms with Crippen molar-refractivity contribution in [3.63, 3.8) is 0 Å². The predicted octanol–water partition coefficient (Wildman–Crippen LogP) is 1.07. The molecular weight excluding hydrogens is 242 g/mol. The van der Waals surface area contributed by atoms with E-state index >= 15 is 0 Å². The van der Waals surface area contributed by atoms with Crippen LogP contribution >= 0.6 is 23.1 Å². The molecule has 0 bridgehead atoms. The Morgan fingerprint density at radius 1 is 1.69 bits per heavy atom. The molecule has 0 unspecified atom stereocenters. The molecule has 0 atom stereocenters. The molecule has 0 spiro atoms. The van der Waals surface area contributed by atoms with E-state index in [1.165, 1.54) is 11.8 Å². The molecule has 0 fully saturated rings. The van der Waals surface area contributed by atoms with Crippen LogP contribution in [0.4, 0.5) is 0 Å². The highest BCUT2D eigenvalue weighted by Gasteiger charge is 2.01. The van der Waals surface area contributed by atoms with Crippen LogP contribution in [0.1, 0.15) is 10.4 Å². The largest absolute Gasteiger partial charge is 0.384 e. The van der Waals surface area contributed by atoms with Crippen molar-refractivity contribution in [1.82, 2.24) is 5.32 Å². The van der Waals surface area contributed by atoms with Crippen LogP contribution in [-0.4, -0.2) is 29.6 Å². The Labute approximate surface area is 103 Å². The summed E-state index contributed by atoms with van der Waals surface area (Å²) < 4.78 is 0. The van der Waals surface area contributed by atoms with E-state index in [2.05, 4.69) is 17.2 Å². The standard InChI is InChI=1S/C11H13NO2S2/c1-15-8-11(14)12-6-10-5-9(7-16-10)3-2-4-13/h5,7,13H,4,6,8H2,1H3,(H,12,14). The number of aliphatic hydroxyl groups is 1. The molecule has 1 aromatic heterocycles. The molecule has 1 amide bonds. The first-order valence-electron chi connectivity index (χ1n) is 4.69. The molecule has 2 N–H and O–H groups in total. The number of carbonyl (C=O) groups excluding carboxylic acids is 1. The van der Waals surface area contributed by atoms with Crippen LogP contribution in [0.25, 0.3) is 0 Å². The minimum Gasteiger partial charge on any atom is -0.384 e. The average Bonchev–Trinajstić information content (AvgIpc) is 2.72. The van der Waals surface area contributed by atoms with Gasteiger partial charge in [-0.05, 0) is 12.3 Å². The van der Waals surface area contributed by atoms with Crippen LogP contribution in [-0.2, 0) is 11.3 Å². The first kappa shape index (κ1) is 13.1. The van der Waals surface area contributed by atoms with Crippen LogP contribution in [0.15, 0.2) is 11.4 Å². The summed E-state index contributed by atoms with van der Waals surface area (Å²) >= 11 is 3.06. The molecule has 16 heavy (non-hydrogen) atoms. The number of nitrogens with one attached hydrogen (secondary N) is 1. The number of thioether (sulfide) groups is 1. The minimum absolute atomic E-state index is 0.0453. The number of aliphatic hydroxyl groups excluding tert-OH is 1. The zero-order chi connectivity index (χ0) is 11.8. The molecule has 0 saturated heterocycles. The minimum atomic E-state index is -0.129. The highest BCUT2D eigenvalue weighted by molar-refractivity contribution is 7.99. The van der Waals surface area contributed by atoms with E-state index in [0.717, 1.165) is 10.4 Å². The molecule has 0 aromatic carbocycles. The van der Waals surface area contributed by atoms with Crippen molar-refractivity contribution < 1.29 is 9.90 Å². The number of hydrogen-bond donors (Lipinski definition) is 2. The van der Waals surface area contributed by atoms with Gasteiger partial charge < -0.3 is 10.4 Å². The molecule has 5 heteroatoms. The number of amides is 1. The summed E-state index contributed by atoms with van der Waals surface area (Å²) in [5, 5.41) is 13.3. The summed E-state index contributed by atoms with van der Waals surface area (Å²) in [5.74, 6) is 5.94. The van der Waals surface area contributed by atoms with Crippen molar-refractivity contribution in [2.24, 2.45) is 0 Å². The second kappa shape index (κ2) is 7.34. The fraction of sp³-hybridized carbons (Fsp3) is 0.364. The van der Waals surface area contributed by atoms with Crippen molar-refractivity contribution in [2.75, 3.05) is 18.6 Å². The number of rotatable bonds is 4. The van der Waals surface area contributed by atoms with Crippen molar-refractivity contribution >= 4 is 29.0 Å². The Bertz CT molecular complexity index is 404. The second-order valence-electron chi connectivity index (χ2n) is 2.97. The molecule has 86 valence electrons. The monoisotopic (exact) mass is 255 g/mol. The third kappa shape index (κ3) is 4.71. The quantitative estimate of drug-likeness (QED) is 0.791. The molecule has 0 aliphatic heterocycles. The Morgan fingerprint density at radius 3 is 3.19 bits per heavy atom. The molecule has 0 aliphatic rings. The van der Waals surface area contributed by atoms with Crippen molar-refractivity contribution in [2.45, 2.75) is 6.54 Å². The van der Waals surface area contributed by atoms with E-state index < -0.39 is 0 Å². The summed E-state index contributed by atoms with van der Waals surface area (Å²) in [6.07, 6.45) is 1.90. The van der Waals surface area contributed by atoms with Crippen LogP contribution in [0.3, 0.4) is 0 Å². The van der Waals surface area contributed by atoms with Gasteiger partial charge in [0.2, 0.25) is 5.91 Å². The predicted molar refractivity (Wildman–Crippen MR) is 68.5 cm³/mol. The van der Waals surface area contributed by atoms with Gasteiger partial charge in [0, 0.05) is 15.8 Å². The average molecular weight is 255 g/mol. The van der Waals surface area contributed by atoms with E-state index in [1.807, 2.05) is 17.7 Å². The van der Waals surface area contributed by atoms with Crippen LogP contribution in [0.5, 0.6) is 0 Å². The van der Waals surface area contributed by atoms with Crippen LogP contribution in [0, 0.1) is 11.8 Å². The fourth-order valence-corrected chi connectivity index (χ4v) is 2.17. The lowest BCUT2D eigenvalue weighted by Crippen LogP contribution is -2.23. The molecule has 1 heterocycles. The summed E-state index contributed by atoms with van der Waals surface area (Å²) in [7, 11) is 0. The van der Waals surface area contributed by atoms with Gasteiger partial charge in [-0.15, -0.1) is 11.3 Å². The van der Waals surface area contributed by atoms with Crippen LogP contribution in [0.2, 0.25) is 0 Å². The first-order valence-corrected chi connectivity index (χ1v) is 6.96. The molecule has 3 nitrogen and oxygen atoms in total. The van der Waals surface area contributed by atoms with Gasteiger partial charge in [0.25, 0.3) is 0 Å². The van der Waals surface area contributed by atoms with Crippen molar-refractivity contribution in [3.8, 4) is 11.8 Å². The van der Waals surface area contributed by atoms with E-state index in [4.69, 9.17) is 5.11 Å². The van der Waals surface area contributed by atoms with Gasteiger partial charge in [0.1, 0.15) is 6.61 Å². The summed E-state index contributed by atoms with van der Waals surface area (Å²) in [5.41, 5.74) is 0.883. The Morgan fingerprint density at radius 2 is 2.50 bits per heavy atom. The maximum atomic E-state index is 11.2. The maximum Gasteiger partial charge on any atom is 0.230 e. The van der Waals surface area contributed by atoms with Crippen molar-refractivity contribution in [1.29, 1.82) is 0 Å². The lowest BCUT2D eigenvalue weighted by Gasteiger charge is -2.00. The highest BCUT2D eigenvalue weighted by Crippen LogP contribution is 2.13. The van der Waals surface area contributed by atoms with Crippen molar-refractivity contribution in [3.05, 3.63) is 21.9 Å². The van der Waals surface area contributed by atoms with Gasteiger partial charge in [0.05, 0.1) is 12.3 Å². The highest BCUT2D eigenvalue weighted by atomic mass is 32.2. The Balaban J connectivity index is 2.43. The summed E-state index contributed by atoms with van der Waals surface area (Å²) in [4.78, 5) is 12.3. The van der Waals surface area contributed by atoms with Gasteiger partial charge >= 0.3 is 0 Å². The molecular formula is C11H13NO2S2. The first-order chi connectivity index (χ1) is 7.76. The lowest BCUT2D eigenvalue weighted by atomic mass is 10.3. The number of carbonyl (C=O) groups is 1. The second-order valence-corrected chi connectivity index (χ2v) is 4.83. The molecule has 1 aromatic rings. The SMILES string of the molecule is CSCC(=O)NCc1cc(C#CCO)cs1. The molecule has 0 radical (unpaired) electrons. The Kier molecular flexibility index (Phi) is 6.01.